The number of hydrogen-bond donors (Lipinski definition) is 2. The molecule has 0 fully saturated rings. The Morgan fingerprint density at radius 1 is 0.875 bits per heavy atom. The number of benzene rings is 3. The van der Waals surface area contributed by atoms with Crippen LogP contribution in [0.4, 0.5) is 15.8 Å². The molecule has 3 aromatic rings. The SMILES string of the molecule is CC(C)(C)c1ccc(OCC(=O)Nc2ccc(S(=O)(=O)Nc3ccc(F)cc3)cc2)cc1. The van der Waals surface area contributed by atoms with E-state index in [0.29, 0.717) is 11.4 Å². The number of nitrogens with one attached hydrogen (secondary N) is 2. The Balaban J connectivity index is 1.55. The number of anilines is 2. The first-order chi connectivity index (χ1) is 15.0. The molecular weight excluding hydrogens is 431 g/mol. The van der Waals surface area contributed by atoms with Gasteiger partial charge in [-0.15, -0.1) is 0 Å². The van der Waals surface area contributed by atoms with Crippen molar-refractivity contribution in [3.05, 3.63) is 84.2 Å². The lowest BCUT2D eigenvalue weighted by Gasteiger charge is -2.19. The van der Waals surface area contributed by atoms with Gasteiger partial charge in [-0.05, 0) is 71.6 Å². The summed E-state index contributed by atoms with van der Waals surface area (Å²) in [6.07, 6.45) is 0. The average Bonchev–Trinajstić information content (AvgIpc) is 2.74. The number of carbonyl (C=O) groups excluding carboxylic acids is 1. The molecule has 0 spiro atoms. The highest BCUT2D eigenvalue weighted by molar-refractivity contribution is 7.92. The molecule has 2 N–H and O–H groups in total. The Bertz CT molecular complexity index is 1170. The van der Waals surface area contributed by atoms with E-state index in [1.807, 2.05) is 24.3 Å². The molecule has 0 aliphatic heterocycles. The molecule has 3 rings (SSSR count). The van der Waals surface area contributed by atoms with Crippen LogP contribution in [0.25, 0.3) is 0 Å². The van der Waals surface area contributed by atoms with Gasteiger partial charge in [-0.3, -0.25) is 9.52 Å². The summed E-state index contributed by atoms with van der Waals surface area (Å²) < 4.78 is 45.8. The van der Waals surface area contributed by atoms with Gasteiger partial charge < -0.3 is 10.1 Å². The highest BCUT2D eigenvalue weighted by Crippen LogP contribution is 2.24. The van der Waals surface area contributed by atoms with Crippen molar-refractivity contribution in [1.29, 1.82) is 0 Å². The number of amides is 1. The van der Waals surface area contributed by atoms with E-state index in [1.54, 1.807) is 0 Å². The lowest BCUT2D eigenvalue weighted by Crippen LogP contribution is -2.20. The minimum absolute atomic E-state index is 0.00927. The minimum Gasteiger partial charge on any atom is -0.484 e. The van der Waals surface area contributed by atoms with Gasteiger partial charge in [0.1, 0.15) is 11.6 Å². The van der Waals surface area contributed by atoms with Crippen LogP contribution in [0.15, 0.2) is 77.7 Å². The Kier molecular flexibility index (Phi) is 6.84. The van der Waals surface area contributed by atoms with Crippen LogP contribution in [0.5, 0.6) is 5.75 Å². The van der Waals surface area contributed by atoms with Crippen LogP contribution < -0.4 is 14.8 Å². The monoisotopic (exact) mass is 456 g/mol. The number of ether oxygens (including phenoxy) is 1. The smallest absolute Gasteiger partial charge is 0.262 e. The molecule has 3 aromatic carbocycles. The quantitative estimate of drug-likeness (QED) is 0.527. The third-order valence-electron chi connectivity index (χ3n) is 4.64. The van der Waals surface area contributed by atoms with Crippen LogP contribution in [-0.4, -0.2) is 20.9 Å². The molecule has 0 atom stereocenters. The lowest BCUT2D eigenvalue weighted by atomic mass is 9.87. The Hall–Kier alpha value is -3.39. The third kappa shape index (κ3) is 6.31. The molecule has 168 valence electrons. The predicted octanol–water partition coefficient (Wildman–Crippen LogP) is 4.94. The highest BCUT2D eigenvalue weighted by atomic mass is 32.2. The van der Waals surface area contributed by atoms with Gasteiger partial charge in [0.25, 0.3) is 15.9 Å². The van der Waals surface area contributed by atoms with Crippen molar-refractivity contribution in [1.82, 2.24) is 0 Å². The maximum Gasteiger partial charge on any atom is 0.262 e. The Morgan fingerprint density at radius 3 is 2.00 bits per heavy atom. The van der Waals surface area contributed by atoms with Crippen molar-refractivity contribution in [2.45, 2.75) is 31.1 Å². The van der Waals surface area contributed by atoms with Crippen LogP contribution in [-0.2, 0) is 20.2 Å². The molecule has 6 nitrogen and oxygen atoms in total. The normalized spacial score (nSPS) is 11.6. The zero-order valence-electron chi connectivity index (χ0n) is 18.1. The van der Waals surface area contributed by atoms with Crippen molar-refractivity contribution < 1.29 is 22.3 Å². The summed E-state index contributed by atoms with van der Waals surface area (Å²) in [5.41, 5.74) is 1.88. The molecule has 1 amide bonds. The summed E-state index contributed by atoms with van der Waals surface area (Å²) in [7, 11) is -3.84. The van der Waals surface area contributed by atoms with Crippen LogP contribution >= 0.6 is 0 Å². The van der Waals surface area contributed by atoms with Gasteiger partial charge in [-0.2, -0.15) is 0 Å². The summed E-state index contributed by atoms with van der Waals surface area (Å²) in [5, 5.41) is 2.66. The standard InChI is InChI=1S/C24H25FN2O4S/c1-24(2,3)17-4-12-21(13-5-17)31-16-23(28)26-19-10-14-22(15-11-19)32(29,30)27-20-8-6-18(25)7-9-20/h4-15,27H,16H2,1-3H3,(H,26,28). The maximum absolute atomic E-state index is 13.0. The second-order valence-corrected chi connectivity index (χ2v) is 9.93. The van der Waals surface area contributed by atoms with Gasteiger partial charge in [0.15, 0.2) is 6.61 Å². The second-order valence-electron chi connectivity index (χ2n) is 8.25. The van der Waals surface area contributed by atoms with E-state index >= 15 is 0 Å². The predicted molar refractivity (Wildman–Crippen MR) is 123 cm³/mol. The molecule has 0 aromatic heterocycles. The summed E-state index contributed by atoms with van der Waals surface area (Å²) in [6, 6.07) is 18.3. The van der Waals surface area contributed by atoms with Gasteiger partial charge in [0.2, 0.25) is 0 Å². The van der Waals surface area contributed by atoms with Crippen molar-refractivity contribution >= 4 is 27.3 Å². The van der Waals surface area contributed by atoms with Crippen LogP contribution in [0.1, 0.15) is 26.3 Å². The van der Waals surface area contributed by atoms with Crippen molar-refractivity contribution in [2.24, 2.45) is 0 Å². The molecule has 32 heavy (non-hydrogen) atoms. The Morgan fingerprint density at radius 2 is 1.44 bits per heavy atom. The highest BCUT2D eigenvalue weighted by Gasteiger charge is 2.15. The molecule has 0 aliphatic rings. The largest absolute Gasteiger partial charge is 0.484 e. The molecule has 0 saturated carbocycles. The van der Waals surface area contributed by atoms with E-state index in [4.69, 9.17) is 4.74 Å². The van der Waals surface area contributed by atoms with Gasteiger partial charge in [0, 0.05) is 11.4 Å². The first-order valence-electron chi connectivity index (χ1n) is 9.95. The fraction of sp³-hybridized carbons (Fsp3) is 0.208. The third-order valence-corrected chi connectivity index (χ3v) is 6.03. The van der Waals surface area contributed by atoms with E-state index in [2.05, 4.69) is 30.8 Å². The van der Waals surface area contributed by atoms with Crippen molar-refractivity contribution in [3.63, 3.8) is 0 Å². The van der Waals surface area contributed by atoms with E-state index in [9.17, 15) is 17.6 Å². The second kappa shape index (κ2) is 9.40. The van der Waals surface area contributed by atoms with E-state index in [1.165, 1.54) is 42.0 Å². The molecule has 0 aliphatic carbocycles. The molecule has 0 unspecified atom stereocenters. The fourth-order valence-corrected chi connectivity index (χ4v) is 3.91. The number of rotatable bonds is 7. The number of hydrogen-bond acceptors (Lipinski definition) is 4. The Labute approximate surface area is 187 Å². The number of carbonyl (C=O) groups is 1. The van der Waals surface area contributed by atoms with Crippen molar-refractivity contribution in [2.75, 3.05) is 16.6 Å². The number of sulfonamides is 1. The first-order valence-corrected chi connectivity index (χ1v) is 11.4. The zero-order chi connectivity index (χ0) is 23.4. The molecule has 0 heterocycles. The van der Waals surface area contributed by atoms with E-state index < -0.39 is 15.8 Å². The molecule has 0 radical (unpaired) electrons. The van der Waals surface area contributed by atoms with Crippen LogP contribution in [0.2, 0.25) is 0 Å². The number of halogens is 1. The topological polar surface area (TPSA) is 84.5 Å². The first kappa shape index (κ1) is 23.3. The van der Waals surface area contributed by atoms with E-state index in [-0.39, 0.29) is 28.5 Å². The molecule has 8 heteroatoms. The minimum atomic E-state index is -3.84. The zero-order valence-corrected chi connectivity index (χ0v) is 18.9. The summed E-state index contributed by atoms with van der Waals surface area (Å²) in [4.78, 5) is 12.2. The summed E-state index contributed by atoms with van der Waals surface area (Å²) in [6.45, 7) is 6.17. The maximum atomic E-state index is 13.0. The van der Waals surface area contributed by atoms with Gasteiger partial charge in [0.05, 0.1) is 4.90 Å². The lowest BCUT2D eigenvalue weighted by molar-refractivity contribution is -0.118. The van der Waals surface area contributed by atoms with Crippen LogP contribution in [0.3, 0.4) is 0 Å². The summed E-state index contributed by atoms with van der Waals surface area (Å²) in [5.74, 6) is -0.245. The molecule has 0 saturated heterocycles. The van der Waals surface area contributed by atoms with E-state index in [0.717, 1.165) is 12.1 Å². The molecular formula is C24H25FN2O4S. The average molecular weight is 457 g/mol. The van der Waals surface area contributed by atoms with Gasteiger partial charge in [-0.25, -0.2) is 12.8 Å². The van der Waals surface area contributed by atoms with Crippen molar-refractivity contribution in [3.8, 4) is 5.75 Å². The van der Waals surface area contributed by atoms with Gasteiger partial charge >= 0.3 is 0 Å². The van der Waals surface area contributed by atoms with Crippen LogP contribution in [0, 0.1) is 5.82 Å². The molecule has 0 bridgehead atoms. The summed E-state index contributed by atoms with van der Waals surface area (Å²) >= 11 is 0. The fourth-order valence-electron chi connectivity index (χ4n) is 2.85. The van der Waals surface area contributed by atoms with Gasteiger partial charge in [-0.1, -0.05) is 32.9 Å².